The predicted octanol–water partition coefficient (Wildman–Crippen LogP) is 1.19. The lowest BCUT2D eigenvalue weighted by atomic mass is 10.2. The minimum atomic E-state index is -0.964. The Bertz CT molecular complexity index is 995. The largest absolute Gasteiger partial charge is 0.361 e. The molecule has 0 radical (unpaired) electrons. The Kier molecular flexibility index (Phi) is 4.82. The number of hydrogen-bond donors (Lipinski definition) is 0. The van der Waals surface area contributed by atoms with Crippen molar-refractivity contribution in [1.82, 2.24) is 35.2 Å². The summed E-state index contributed by atoms with van der Waals surface area (Å²) in [5.41, 5.74) is 0.641. The van der Waals surface area contributed by atoms with Gasteiger partial charge in [0.2, 0.25) is 0 Å². The Balaban J connectivity index is 1.40. The monoisotopic (exact) mass is 389 g/mol. The molecule has 2 aromatic heterocycles. The number of carbonyl (C=O) groups is 1. The number of carbonyl (C=O) groups excluding carboxylic acids is 1. The van der Waals surface area contributed by atoms with Crippen LogP contribution < -0.4 is 0 Å². The molecule has 0 bridgehead atoms. The Morgan fingerprint density at radius 1 is 1.14 bits per heavy atom. The maximum Gasteiger partial charge on any atom is 0.276 e. The quantitative estimate of drug-likeness (QED) is 0.662. The molecule has 1 aliphatic rings. The number of benzene rings is 1. The van der Waals surface area contributed by atoms with Crippen molar-refractivity contribution in [1.29, 1.82) is 0 Å². The summed E-state index contributed by atoms with van der Waals surface area (Å²) in [6.07, 6.45) is 0. The molecule has 1 aromatic carbocycles. The summed E-state index contributed by atoms with van der Waals surface area (Å²) in [7, 11) is 0. The first-order chi connectivity index (χ1) is 13.5. The van der Waals surface area contributed by atoms with Crippen molar-refractivity contribution < 1.29 is 18.1 Å². The summed E-state index contributed by atoms with van der Waals surface area (Å²) in [5.74, 6) is -0.970. The second kappa shape index (κ2) is 7.43. The average Bonchev–Trinajstić information content (AvgIpc) is 3.33. The highest BCUT2D eigenvalue weighted by Crippen LogP contribution is 2.15. The van der Waals surface area contributed by atoms with Crippen LogP contribution >= 0.6 is 0 Å². The lowest BCUT2D eigenvalue weighted by Crippen LogP contribution is -2.48. The zero-order valence-corrected chi connectivity index (χ0v) is 15.0. The van der Waals surface area contributed by atoms with Gasteiger partial charge in [0.25, 0.3) is 5.91 Å². The molecule has 3 heterocycles. The van der Waals surface area contributed by atoms with Crippen LogP contribution in [-0.2, 0) is 6.54 Å². The van der Waals surface area contributed by atoms with E-state index in [1.54, 1.807) is 17.9 Å². The van der Waals surface area contributed by atoms with E-state index in [2.05, 4.69) is 25.6 Å². The van der Waals surface area contributed by atoms with E-state index in [4.69, 9.17) is 4.52 Å². The zero-order valence-electron chi connectivity index (χ0n) is 15.0. The van der Waals surface area contributed by atoms with Gasteiger partial charge in [0, 0.05) is 38.3 Å². The third-order valence-corrected chi connectivity index (χ3v) is 4.55. The normalized spacial score (nSPS) is 15.2. The van der Waals surface area contributed by atoms with E-state index >= 15 is 0 Å². The highest BCUT2D eigenvalue weighted by atomic mass is 19.2. The van der Waals surface area contributed by atoms with Crippen molar-refractivity contribution in [2.75, 3.05) is 26.2 Å². The highest BCUT2D eigenvalue weighted by molar-refractivity contribution is 5.92. The van der Waals surface area contributed by atoms with Crippen LogP contribution in [0.1, 0.15) is 22.1 Å². The Morgan fingerprint density at radius 2 is 1.93 bits per heavy atom. The van der Waals surface area contributed by atoms with Crippen LogP contribution in [0.25, 0.3) is 5.69 Å². The van der Waals surface area contributed by atoms with Gasteiger partial charge in [-0.3, -0.25) is 9.69 Å². The van der Waals surface area contributed by atoms with Gasteiger partial charge in [-0.2, -0.15) is 4.68 Å². The molecule has 0 unspecified atom stereocenters. The van der Waals surface area contributed by atoms with Gasteiger partial charge in [0.05, 0.1) is 12.2 Å². The molecular formula is C17H17F2N7O2. The predicted molar refractivity (Wildman–Crippen MR) is 91.5 cm³/mol. The maximum absolute atomic E-state index is 13.5. The van der Waals surface area contributed by atoms with E-state index in [-0.39, 0.29) is 5.91 Å². The third kappa shape index (κ3) is 3.60. The van der Waals surface area contributed by atoms with Crippen LogP contribution in [0.15, 0.2) is 28.8 Å². The second-order valence-electron chi connectivity index (χ2n) is 6.50. The first-order valence-electron chi connectivity index (χ1n) is 8.69. The van der Waals surface area contributed by atoms with Gasteiger partial charge in [0.15, 0.2) is 23.2 Å². The van der Waals surface area contributed by atoms with E-state index in [1.807, 2.05) is 0 Å². The molecule has 0 aliphatic carbocycles. The van der Waals surface area contributed by atoms with Crippen molar-refractivity contribution in [3.8, 4) is 5.69 Å². The topological polar surface area (TPSA) is 93.2 Å². The molecule has 1 aliphatic heterocycles. The Labute approximate surface area is 158 Å². The molecule has 1 saturated heterocycles. The third-order valence-electron chi connectivity index (χ3n) is 4.55. The number of amides is 1. The van der Waals surface area contributed by atoms with E-state index in [0.29, 0.717) is 55.7 Å². The van der Waals surface area contributed by atoms with E-state index in [9.17, 15) is 13.6 Å². The van der Waals surface area contributed by atoms with Gasteiger partial charge in [-0.1, -0.05) is 5.16 Å². The maximum atomic E-state index is 13.5. The lowest BCUT2D eigenvalue weighted by molar-refractivity contribution is 0.0614. The molecule has 0 saturated carbocycles. The number of aryl methyl sites for hydroxylation is 1. The number of rotatable bonds is 4. The molecular weight excluding hydrogens is 372 g/mol. The fourth-order valence-corrected chi connectivity index (χ4v) is 3.06. The SMILES string of the molecule is Cc1cc(C(=O)N2CCN(Cc3nnnn3-c3ccc(F)c(F)c3)CC2)no1. The zero-order chi connectivity index (χ0) is 19.7. The molecule has 0 spiro atoms. The number of nitrogens with zero attached hydrogens (tertiary/aromatic N) is 7. The summed E-state index contributed by atoms with van der Waals surface area (Å²) in [6.45, 7) is 4.44. The Morgan fingerprint density at radius 3 is 2.61 bits per heavy atom. The van der Waals surface area contributed by atoms with Crippen molar-refractivity contribution in [3.63, 3.8) is 0 Å². The summed E-state index contributed by atoms with van der Waals surface area (Å²) in [5, 5.41) is 15.2. The van der Waals surface area contributed by atoms with Crippen molar-refractivity contribution in [2.24, 2.45) is 0 Å². The summed E-state index contributed by atoms with van der Waals surface area (Å²) in [6, 6.07) is 5.11. The van der Waals surface area contributed by atoms with Gasteiger partial charge >= 0.3 is 0 Å². The van der Waals surface area contributed by atoms with Crippen LogP contribution in [0.3, 0.4) is 0 Å². The van der Waals surface area contributed by atoms with Gasteiger partial charge < -0.3 is 9.42 Å². The van der Waals surface area contributed by atoms with Crippen molar-refractivity contribution >= 4 is 5.91 Å². The second-order valence-corrected chi connectivity index (χ2v) is 6.50. The minimum Gasteiger partial charge on any atom is -0.361 e. The number of piperazine rings is 1. The van der Waals surface area contributed by atoms with Crippen molar-refractivity contribution in [3.05, 3.63) is 53.2 Å². The Hall–Kier alpha value is -3.21. The molecule has 9 nitrogen and oxygen atoms in total. The molecule has 0 N–H and O–H groups in total. The van der Waals surface area contributed by atoms with Gasteiger partial charge in [-0.05, 0) is 29.5 Å². The van der Waals surface area contributed by atoms with Crippen LogP contribution in [0.2, 0.25) is 0 Å². The van der Waals surface area contributed by atoms with Crippen LogP contribution in [0.5, 0.6) is 0 Å². The summed E-state index contributed by atoms with van der Waals surface area (Å²) >= 11 is 0. The molecule has 4 rings (SSSR count). The molecule has 0 atom stereocenters. The van der Waals surface area contributed by atoms with E-state index in [1.165, 1.54) is 10.7 Å². The smallest absolute Gasteiger partial charge is 0.276 e. The van der Waals surface area contributed by atoms with E-state index < -0.39 is 11.6 Å². The molecule has 3 aromatic rings. The molecule has 1 fully saturated rings. The fraction of sp³-hybridized carbons (Fsp3) is 0.353. The van der Waals surface area contributed by atoms with Crippen LogP contribution in [0, 0.1) is 18.6 Å². The molecule has 1 amide bonds. The average molecular weight is 389 g/mol. The van der Waals surface area contributed by atoms with Gasteiger partial charge in [-0.15, -0.1) is 5.10 Å². The molecule has 146 valence electrons. The first kappa shape index (κ1) is 18.2. The summed E-state index contributed by atoms with van der Waals surface area (Å²) in [4.78, 5) is 16.2. The van der Waals surface area contributed by atoms with E-state index in [0.717, 1.165) is 12.1 Å². The number of tetrazole rings is 1. The standard InChI is InChI=1S/C17H17F2N7O2/c1-11-8-15(21-28-11)17(27)25-6-4-24(5-7-25)10-16-20-22-23-26(16)12-2-3-13(18)14(19)9-12/h2-3,8-9H,4-7,10H2,1H3. The molecule has 28 heavy (non-hydrogen) atoms. The number of halogens is 2. The number of aromatic nitrogens is 5. The van der Waals surface area contributed by atoms with Crippen molar-refractivity contribution in [2.45, 2.75) is 13.5 Å². The highest BCUT2D eigenvalue weighted by Gasteiger charge is 2.25. The van der Waals surface area contributed by atoms with Gasteiger partial charge in [0.1, 0.15) is 5.76 Å². The molecule has 11 heteroatoms. The van der Waals surface area contributed by atoms with Crippen LogP contribution in [0.4, 0.5) is 8.78 Å². The fourth-order valence-electron chi connectivity index (χ4n) is 3.06. The van der Waals surface area contributed by atoms with Gasteiger partial charge in [-0.25, -0.2) is 8.78 Å². The lowest BCUT2D eigenvalue weighted by Gasteiger charge is -2.33. The first-order valence-corrected chi connectivity index (χ1v) is 8.69. The number of hydrogen-bond acceptors (Lipinski definition) is 7. The minimum absolute atomic E-state index is 0.164. The summed E-state index contributed by atoms with van der Waals surface area (Å²) < 4.78 is 33.0. The van der Waals surface area contributed by atoms with Crippen LogP contribution in [-0.4, -0.2) is 67.2 Å².